The standard InChI is InChI=1S/C16H31NO/c1-5-14(6-2)13-15(18)16(11-9-10-12-16)17(7-3)8-4/h14H,5-13H2,1-4H3. The first-order valence-electron chi connectivity index (χ1n) is 7.92. The van der Waals surface area contributed by atoms with E-state index in [0.717, 1.165) is 45.2 Å². The van der Waals surface area contributed by atoms with Gasteiger partial charge in [-0.3, -0.25) is 9.69 Å². The molecular weight excluding hydrogens is 222 g/mol. The van der Waals surface area contributed by atoms with Crippen LogP contribution >= 0.6 is 0 Å². The van der Waals surface area contributed by atoms with Gasteiger partial charge in [-0.2, -0.15) is 0 Å². The highest BCUT2D eigenvalue weighted by Gasteiger charge is 2.44. The number of nitrogens with zero attached hydrogens (tertiary/aromatic N) is 1. The number of carbonyl (C=O) groups is 1. The third-order valence-corrected chi connectivity index (χ3v) is 4.95. The summed E-state index contributed by atoms with van der Waals surface area (Å²) in [6.45, 7) is 10.8. The molecule has 0 aromatic rings. The number of ketones is 1. The van der Waals surface area contributed by atoms with E-state index in [1.54, 1.807) is 0 Å². The lowest BCUT2D eigenvalue weighted by Crippen LogP contribution is -2.53. The molecule has 1 fully saturated rings. The normalized spacial score (nSPS) is 18.8. The molecule has 1 saturated carbocycles. The second-order valence-corrected chi connectivity index (χ2v) is 5.72. The lowest BCUT2D eigenvalue weighted by atomic mass is 9.83. The van der Waals surface area contributed by atoms with Crippen LogP contribution < -0.4 is 0 Å². The smallest absolute Gasteiger partial charge is 0.153 e. The van der Waals surface area contributed by atoms with Gasteiger partial charge >= 0.3 is 0 Å². The Morgan fingerprint density at radius 3 is 1.94 bits per heavy atom. The largest absolute Gasteiger partial charge is 0.298 e. The van der Waals surface area contributed by atoms with Gasteiger partial charge < -0.3 is 0 Å². The van der Waals surface area contributed by atoms with Crippen molar-refractivity contribution in [1.29, 1.82) is 0 Å². The molecular formula is C16H31NO. The Hall–Kier alpha value is -0.370. The van der Waals surface area contributed by atoms with Crippen LogP contribution in [-0.2, 0) is 4.79 Å². The monoisotopic (exact) mass is 253 g/mol. The minimum Gasteiger partial charge on any atom is -0.298 e. The van der Waals surface area contributed by atoms with Crippen molar-refractivity contribution in [1.82, 2.24) is 4.90 Å². The maximum absolute atomic E-state index is 12.8. The maximum Gasteiger partial charge on any atom is 0.153 e. The van der Waals surface area contributed by atoms with Gasteiger partial charge in [0.05, 0.1) is 5.54 Å². The Bertz CT molecular complexity index is 248. The van der Waals surface area contributed by atoms with Gasteiger partial charge in [0, 0.05) is 6.42 Å². The first-order chi connectivity index (χ1) is 8.64. The topological polar surface area (TPSA) is 20.3 Å². The molecule has 0 aliphatic heterocycles. The molecule has 0 atom stereocenters. The van der Waals surface area contributed by atoms with E-state index in [1.165, 1.54) is 12.8 Å². The highest BCUT2D eigenvalue weighted by atomic mass is 16.1. The molecule has 0 spiro atoms. The van der Waals surface area contributed by atoms with Crippen molar-refractivity contribution in [2.75, 3.05) is 13.1 Å². The third kappa shape index (κ3) is 3.14. The van der Waals surface area contributed by atoms with Crippen LogP contribution in [0.25, 0.3) is 0 Å². The molecule has 0 amide bonds. The summed E-state index contributed by atoms with van der Waals surface area (Å²) in [7, 11) is 0. The van der Waals surface area contributed by atoms with Crippen molar-refractivity contribution >= 4 is 5.78 Å². The number of likely N-dealkylation sites (N-methyl/N-ethyl adjacent to an activating group) is 1. The molecule has 0 heterocycles. The second-order valence-electron chi connectivity index (χ2n) is 5.72. The van der Waals surface area contributed by atoms with Gasteiger partial charge in [-0.25, -0.2) is 0 Å². The highest BCUT2D eigenvalue weighted by molar-refractivity contribution is 5.89. The summed E-state index contributed by atoms with van der Waals surface area (Å²) in [4.78, 5) is 15.2. The van der Waals surface area contributed by atoms with Crippen molar-refractivity contribution < 1.29 is 4.79 Å². The summed E-state index contributed by atoms with van der Waals surface area (Å²) in [5, 5.41) is 0. The third-order valence-electron chi connectivity index (χ3n) is 4.95. The molecule has 2 heteroatoms. The Morgan fingerprint density at radius 1 is 1.06 bits per heavy atom. The summed E-state index contributed by atoms with van der Waals surface area (Å²) in [5.74, 6) is 1.11. The first-order valence-corrected chi connectivity index (χ1v) is 7.92. The molecule has 2 nitrogen and oxygen atoms in total. The van der Waals surface area contributed by atoms with Gasteiger partial charge in [-0.1, -0.05) is 53.4 Å². The minimum atomic E-state index is -0.105. The van der Waals surface area contributed by atoms with E-state index in [4.69, 9.17) is 0 Å². The summed E-state index contributed by atoms with van der Waals surface area (Å²) in [6, 6.07) is 0. The molecule has 1 aliphatic carbocycles. The quantitative estimate of drug-likeness (QED) is 0.651. The van der Waals surface area contributed by atoms with Crippen molar-refractivity contribution in [3.8, 4) is 0 Å². The van der Waals surface area contributed by atoms with Crippen molar-refractivity contribution in [3.05, 3.63) is 0 Å². The van der Waals surface area contributed by atoms with Gasteiger partial charge in [0.25, 0.3) is 0 Å². The molecule has 0 bridgehead atoms. The second kappa shape index (κ2) is 7.28. The van der Waals surface area contributed by atoms with E-state index in [2.05, 4.69) is 32.6 Å². The average molecular weight is 253 g/mol. The molecule has 0 aromatic heterocycles. The molecule has 0 radical (unpaired) electrons. The minimum absolute atomic E-state index is 0.105. The van der Waals surface area contributed by atoms with Crippen molar-refractivity contribution in [3.63, 3.8) is 0 Å². The van der Waals surface area contributed by atoms with Crippen LogP contribution in [0.5, 0.6) is 0 Å². The predicted octanol–water partition coefficient (Wildman–Crippen LogP) is 4.04. The van der Waals surface area contributed by atoms with Crippen LogP contribution in [0.4, 0.5) is 0 Å². The first kappa shape index (κ1) is 15.7. The molecule has 0 N–H and O–H groups in total. The predicted molar refractivity (Wildman–Crippen MR) is 77.8 cm³/mol. The number of hydrogen-bond acceptors (Lipinski definition) is 2. The van der Waals surface area contributed by atoms with E-state index in [-0.39, 0.29) is 5.54 Å². The molecule has 18 heavy (non-hydrogen) atoms. The van der Waals surface area contributed by atoms with Crippen LogP contribution in [0.3, 0.4) is 0 Å². The Morgan fingerprint density at radius 2 is 1.56 bits per heavy atom. The van der Waals surface area contributed by atoms with Gasteiger partial charge in [0.2, 0.25) is 0 Å². The molecule has 1 rings (SSSR count). The van der Waals surface area contributed by atoms with Crippen LogP contribution in [0.15, 0.2) is 0 Å². The van der Waals surface area contributed by atoms with Crippen LogP contribution in [-0.4, -0.2) is 29.3 Å². The summed E-state index contributed by atoms with van der Waals surface area (Å²) in [5.41, 5.74) is -0.105. The fourth-order valence-corrected chi connectivity index (χ4v) is 3.59. The Balaban J connectivity index is 2.80. The van der Waals surface area contributed by atoms with E-state index >= 15 is 0 Å². The van der Waals surface area contributed by atoms with Crippen molar-refractivity contribution in [2.45, 2.75) is 78.2 Å². The SMILES string of the molecule is CCC(CC)CC(=O)C1(N(CC)CC)CCCC1. The fraction of sp³-hybridized carbons (Fsp3) is 0.938. The van der Waals surface area contributed by atoms with E-state index in [9.17, 15) is 4.79 Å². The average Bonchev–Trinajstić information content (AvgIpc) is 2.87. The summed E-state index contributed by atoms with van der Waals surface area (Å²) >= 11 is 0. The Labute approximate surface area is 113 Å². The zero-order chi connectivity index (χ0) is 13.6. The Kier molecular flexibility index (Phi) is 6.34. The lowest BCUT2D eigenvalue weighted by molar-refractivity contribution is -0.132. The van der Waals surface area contributed by atoms with Gasteiger partial charge in [-0.15, -0.1) is 0 Å². The van der Waals surface area contributed by atoms with E-state index < -0.39 is 0 Å². The molecule has 106 valence electrons. The number of rotatable bonds is 8. The summed E-state index contributed by atoms with van der Waals surface area (Å²) in [6.07, 6.45) is 7.70. The summed E-state index contributed by atoms with van der Waals surface area (Å²) < 4.78 is 0. The highest BCUT2D eigenvalue weighted by Crippen LogP contribution is 2.38. The number of hydrogen-bond donors (Lipinski definition) is 0. The van der Waals surface area contributed by atoms with Gasteiger partial charge in [0.15, 0.2) is 5.78 Å². The molecule has 1 aliphatic rings. The molecule has 0 aromatic carbocycles. The fourth-order valence-electron chi connectivity index (χ4n) is 3.59. The number of carbonyl (C=O) groups excluding carboxylic acids is 1. The van der Waals surface area contributed by atoms with Crippen molar-refractivity contribution in [2.24, 2.45) is 5.92 Å². The lowest BCUT2D eigenvalue weighted by Gasteiger charge is -2.39. The van der Waals surface area contributed by atoms with Gasteiger partial charge in [0.1, 0.15) is 0 Å². The zero-order valence-electron chi connectivity index (χ0n) is 12.8. The molecule has 0 saturated heterocycles. The number of Topliss-reactive ketones (excluding diaryl/α,β-unsaturated/α-hetero) is 1. The molecule has 0 unspecified atom stereocenters. The van der Waals surface area contributed by atoms with Crippen LogP contribution in [0.2, 0.25) is 0 Å². The van der Waals surface area contributed by atoms with E-state index in [0.29, 0.717) is 11.7 Å². The zero-order valence-corrected chi connectivity index (χ0v) is 12.8. The van der Waals surface area contributed by atoms with E-state index in [1.807, 2.05) is 0 Å². The van der Waals surface area contributed by atoms with Gasteiger partial charge in [-0.05, 0) is 31.8 Å². The van der Waals surface area contributed by atoms with Crippen LogP contribution in [0.1, 0.15) is 72.6 Å². The maximum atomic E-state index is 12.8. The van der Waals surface area contributed by atoms with Crippen LogP contribution in [0, 0.1) is 5.92 Å².